The van der Waals surface area contributed by atoms with E-state index in [0.29, 0.717) is 29.6 Å². The summed E-state index contributed by atoms with van der Waals surface area (Å²) in [4.78, 5) is 36.0. The molecule has 7 nitrogen and oxygen atoms in total. The largest absolute Gasteiger partial charge is 0.348 e. The number of carbonyl (C=O) groups is 2. The molecule has 0 radical (unpaired) electrons. The normalized spacial score (nSPS) is 17.1. The topological polar surface area (TPSA) is 78.4 Å². The van der Waals surface area contributed by atoms with E-state index in [2.05, 4.69) is 15.3 Å². The van der Waals surface area contributed by atoms with Crippen LogP contribution in [0.15, 0.2) is 30.6 Å². The summed E-state index contributed by atoms with van der Waals surface area (Å²) >= 11 is 6.09. The zero-order valence-electron chi connectivity index (χ0n) is 16.5. The van der Waals surface area contributed by atoms with Gasteiger partial charge in [0.25, 0.3) is 5.91 Å². The highest BCUT2D eigenvalue weighted by molar-refractivity contribution is 6.31. The second kappa shape index (κ2) is 8.73. The lowest BCUT2D eigenvalue weighted by Gasteiger charge is -2.23. The molecule has 0 bridgehead atoms. The van der Waals surface area contributed by atoms with Crippen LogP contribution in [0.3, 0.4) is 0 Å². The Morgan fingerprint density at radius 1 is 1.34 bits per heavy atom. The molecule has 2 heterocycles. The molecular formula is C20H23ClFN5O2. The summed E-state index contributed by atoms with van der Waals surface area (Å²) in [5, 5.41) is 3.41. The number of carbonyl (C=O) groups excluding carboxylic acids is 2. The fourth-order valence-corrected chi connectivity index (χ4v) is 3.65. The number of nitrogens with one attached hydrogen (secondary N) is 1. The van der Waals surface area contributed by atoms with Gasteiger partial charge in [0, 0.05) is 44.5 Å². The van der Waals surface area contributed by atoms with Gasteiger partial charge in [-0.1, -0.05) is 17.7 Å². The van der Waals surface area contributed by atoms with E-state index in [1.54, 1.807) is 22.9 Å². The van der Waals surface area contributed by atoms with Gasteiger partial charge in [-0.15, -0.1) is 0 Å². The third-order valence-electron chi connectivity index (χ3n) is 5.17. The maximum Gasteiger partial charge on any atom is 0.257 e. The number of aromatic nitrogens is 2. The second-order valence-electron chi connectivity index (χ2n) is 7.15. The van der Waals surface area contributed by atoms with Gasteiger partial charge >= 0.3 is 0 Å². The first-order valence-corrected chi connectivity index (χ1v) is 9.70. The molecule has 0 aliphatic carbocycles. The van der Waals surface area contributed by atoms with Crippen molar-refractivity contribution in [1.29, 1.82) is 0 Å². The lowest BCUT2D eigenvalue weighted by Crippen LogP contribution is -2.39. The first-order chi connectivity index (χ1) is 13.8. The average molecular weight is 420 g/mol. The van der Waals surface area contributed by atoms with Crippen molar-refractivity contribution in [2.45, 2.75) is 32.4 Å². The van der Waals surface area contributed by atoms with Crippen molar-refractivity contribution < 1.29 is 14.0 Å². The number of likely N-dealkylation sites (N-methyl/N-ethyl adjacent to an activating group) is 1. The number of likely N-dealkylation sites (tertiary alicyclic amines) is 1. The van der Waals surface area contributed by atoms with Crippen LogP contribution in [0, 0.1) is 5.82 Å². The molecular weight excluding hydrogens is 397 g/mol. The highest BCUT2D eigenvalue weighted by Gasteiger charge is 2.30. The Bertz CT molecular complexity index is 908. The van der Waals surface area contributed by atoms with Crippen molar-refractivity contribution in [2.75, 3.05) is 25.5 Å². The molecule has 0 spiro atoms. The van der Waals surface area contributed by atoms with E-state index in [1.807, 2.05) is 6.92 Å². The highest BCUT2D eigenvalue weighted by atomic mass is 35.5. The highest BCUT2D eigenvalue weighted by Crippen LogP contribution is 2.25. The summed E-state index contributed by atoms with van der Waals surface area (Å²) in [5.74, 6) is -0.238. The Labute approximate surface area is 173 Å². The van der Waals surface area contributed by atoms with Crippen LogP contribution < -0.4 is 5.32 Å². The molecule has 1 saturated heterocycles. The maximum absolute atomic E-state index is 13.2. The second-order valence-corrected chi connectivity index (χ2v) is 7.56. The number of anilines is 1. The summed E-state index contributed by atoms with van der Waals surface area (Å²) in [6.45, 7) is 4.46. The molecule has 1 aliphatic rings. The van der Waals surface area contributed by atoms with E-state index in [0.717, 1.165) is 12.0 Å². The van der Waals surface area contributed by atoms with Gasteiger partial charge in [0.15, 0.2) is 0 Å². The Balaban J connectivity index is 1.62. The standard InChI is InChI=1S/C20H23ClFN5O2/c1-12(17-5-4-15(22)8-18(17)21)25-20-23-9-14(10-24-20)19(29)27-7-6-16(11-27)26(3)13(2)28/h4-5,8-10,12,16H,6-7,11H2,1-3H3,(H,23,24,25)/t12?,16-/m0/s1. The van der Waals surface area contributed by atoms with Crippen LogP contribution in [0.1, 0.15) is 42.2 Å². The van der Waals surface area contributed by atoms with Crippen molar-refractivity contribution >= 4 is 29.4 Å². The fraction of sp³-hybridized carbons (Fsp3) is 0.400. The third-order valence-corrected chi connectivity index (χ3v) is 5.50. The molecule has 1 fully saturated rings. The minimum atomic E-state index is -0.399. The van der Waals surface area contributed by atoms with Crippen molar-refractivity contribution in [3.8, 4) is 0 Å². The van der Waals surface area contributed by atoms with Gasteiger partial charge in [-0.3, -0.25) is 9.59 Å². The predicted octanol–water partition coefficient (Wildman–Crippen LogP) is 3.14. The Morgan fingerprint density at radius 2 is 2.03 bits per heavy atom. The zero-order valence-corrected chi connectivity index (χ0v) is 17.3. The van der Waals surface area contributed by atoms with Crippen LogP contribution >= 0.6 is 11.6 Å². The average Bonchev–Trinajstić information content (AvgIpc) is 3.17. The zero-order chi connectivity index (χ0) is 21.1. The van der Waals surface area contributed by atoms with Crippen LogP contribution in [0.4, 0.5) is 10.3 Å². The van der Waals surface area contributed by atoms with Crippen molar-refractivity contribution in [3.63, 3.8) is 0 Å². The summed E-state index contributed by atoms with van der Waals surface area (Å²) in [6.07, 6.45) is 3.69. The lowest BCUT2D eigenvalue weighted by atomic mass is 10.1. The van der Waals surface area contributed by atoms with Gasteiger partial charge in [0.1, 0.15) is 5.82 Å². The van der Waals surface area contributed by atoms with Crippen molar-refractivity contribution in [3.05, 3.63) is 52.6 Å². The van der Waals surface area contributed by atoms with Gasteiger partial charge in [0.05, 0.1) is 17.6 Å². The molecule has 0 saturated carbocycles. The van der Waals surface area contributed by atoms with E-state index >= 15 is 0 Å². The molecule has 154 valence electrons. The monoisotopic (exact) mass is 419 g/mol. The molecule has 2 aromatic rings. The molecule has 1 aliphatic heterocycles. The number of rotatable bonds is 5. The Morgan fingerprint density at radius 3 is 2.66 bits per heavy atom. The summed E-state index contributed by atoms with van der Waals surface area (Å²) < 4.78 is 13.2. The maximum atomic E-state index is 13.2. The fourth-order valence-electron chi connectivity index (χ4n) is 3.32. The SMILES string of the molecule is CC(=O)N(C)[C@H]1CCN(C(=O)c2cnc(NC(C)c3ccc(F)cc3Cl)nc2)C1. The number of nitrogens with zero attached hydrogens (tertiary/aromatic N) is 4. The molecule has 2 amide bonds. The van der Waals surface area contributed by atoms with E-state index in [9.17, 15) is 14.0 Å². The lowest BCUT2D eigenvalue weighted by molar-refractivity contribution is -0.129. The van der Waals surface area contributed by atoms with E-state index < -0.39 is 5.82 Å². The van der Waals surface area contributed by atoms with Crippen LogP contribution in [0.25, 0.3) is 0 Å². The summed E-state index contributed by atoms with van der Waals surface area (Å²) in [7, 11) is 1.75. The van der Waals surface area contributed by atoms with Gasteiger partial charge < -0.3 is 15.1 Å². The van der Waals surface area contributed by atoms with Gasteiger partial charge in [0.2, 0.25) is 11.9 Å². The van der Waals surface area contributed by atoms with Gasteiger partial charge in [-0.05, 0) is 31.0 Å². The minimum Gasteiger partial charge on any atom is -0.348 e. The number of hydrogen-bond acceptors (Lipinski definition) is 5. The summed E-state index contributed by atoms with van der Waals surface area (Å²) in [6, 6.07) is 3.99. The molecule has 1 aromatic carbocycles. The van der Waals surface area contributed by atoms with E-state index in [1.165, 1.54) is 31.5 Å². The smallest absolute Gasteiger partial charge is 0.257 e. The van der Waals surface area contributed by atoms with Crippen LogP contribution in [-0.2, 0) is 4.79 Å². The van der Waals surface area contributed by atoms with Gasteiger partial charge in [-0.25, -0.2) is 14.4 Å². The quantitative estimate of drug-likeness (QED) is 0.805. The van der Waals surface area contributed by atoms with Crippen LogP contribution in [0.5, 0.6) is 0 Å². The molecule has 9 heteroatoms. The van der Waals surface area contributed by atoms with Crippen LogP contribution in [-0.4, -0.2) is 57.8 Å². The Kier molecular flexibility index (Phi) is 6.32. The predicted molar refractivity (Wildman–Crippen MR) is 108 cm³/mol. The number of benzene rings is 1. The molecule has 2 atom stereocenters. The first-order valence-electron chi connectivity index (χ1n) is 9.32. The molecule has 1 N–H and O–H groups in total. The third kappa shape index (κ3) is 4.82. The first kappa shape index (κ1) is 21.0. The summed E-state index contributed by atoms with van der Waals surface area (Å²) in [5.41, 5.74) is 1.10. The van der Waals surface area contributed by atoms with E-state index in [4.69, 9.17) is 11.6 Å². The van der Waals surface area contributed by atoms with Crippen molar-refractivity contribution in [2.24, 2.45) is 0 Å². The van der Waals surface area contributed by atoms with Crippen LogP contribution in [0.2, 0.25) is 5.02 Å². The molecule has 29 heavy (non-hydrogen) atoms. The molecule has 3 rings (SSSR count). The minimum absolute atomic E-state index is 0.0153. The number of halogens is 2. The number of hydrogen-bond donors (Lipinski definition) is 1. The molecule has 1 aromatic heterocycles. The Hall–Kier alpha value is -2.74. The van der Waals surface area contributed by atoms with Crippen molar-refractivity contribution in [1.82, 2.24) is 19.8 Å². The molecule has 1 unspecified atom stereocenters. The van der Waals surface area contributed by atoms with Gasteiger partial charge in [-0.2, -0.15) is 0 Å². The number of amides is 2. The van der Waals surface area contributed by atoms with E-state index in [-0.39, 0.29) is 23.9 Å².